The Morgan fingerprint density at radius 2 is 2.00 bits per heavy atom. The molecular weight excluding hydrogens is 354 g/mol. The van der Waals surface area contributed by atoms with Crippen LogP contribution in [0, 0.1) is 6.92 Å². The molecule has 3 aromatic rings. The van der Waals surface area contributed by atoms with Crippen LogP contribution in [0.3, 0.4) is 0 Å². The van der Waals surface area contributed by atoms with E-state index in [2.05, 4.69) is 31.5 Å². The van der Waals surface area contributed by atoms with Gasteiger partial charge in [-0.05, 0) is 47.2 Å². The lowest BCUT2D eigenvalue weighted by molar-refractivity contribution is 0.791. The molecule has 1 aromatic heterocycles. The lowest BCUT2D eigenvalue weighted by atomic mass is 10.1. The number of nitrogen functional groups attached to an aromatic ring is 1. The molecule has 1 heterocycles. The first-order valence-corrected chi connectivity index (χ1v) is 7.33. The van der Waals surface area contributed by atoms with Crippen molar-refractivity contribution in [2.24, 2.45) is 0 Å². The summed E-state index contributed by atoms with van der Waals surface area (Å²) in [6.45, 7) is 1.95. The van der Waals surface area contributed by atoms with Crippen LogP contribution >= 0.6 is 27.5 Å². The highest BCUT2D eigenvalue weighted by Gasteiger charge is 2.14. The summed E-state index contributed by atoms with van der Waals surface area (Å²) in [4.78, 5) is 0. The van der Waals surface area contributed by atoms with Gasteiger partial charge in [-0.3, -0.25) is 0 Å². The highest BCUT2D eigenvalue weighted by Crippen LogP contribution is 2.28. The minimum Gasteiger partial charge on any atom is -0.398 e. The summed E-state index contributed by atoms with van der Waals surface area (Å²) in [5.74, 6) is 0.589. The molecule has 7 heteroatoms. The van der Waals surface area contributed by atoms with Gasteiger partial charge in [0.25, 0.3) is 0 Å². The first-order valence-electron chi connectivity index (χ1n) is 6.16. The molecule has 0 aliphatic heterocycles. The van der Waals surface area contributed by atoms with Gasteiger partial charge in [-0.25, -0.2) is 0 Å². The van der Waals surface area contributed by atoms with E-state index in [0.717, 1.165) is 15.6 Å². The SMILES string of the molecule is Cc1ccc(-c2nnnn2-c2ccc(Br)cc2Cl)cc1N. The molecule has 0 aliphatic carbocycles. The van der Waals surface area contributed by atoms with Gasteiger partial charge in [0.1, 0.15) is 0 Å². The Balaban J connectivity index is 2.14. The first kappa shape index (κ1) is 14.0. The predicted molar refractivity (Wildman–Crippen MR) is 86.4 cm³/mol. The van der Waals surface area contributed by atoms with Crippen molar-refractivity contribution in [2.75, 3.05) is 5.73 Å². The largest absolute Gasteiger partial charge is 0.398 e. The van der Waals surface area contributed by atoms with E-state index in [1.54, 1.807) is 10.7 Å². The molecule has 0 unspecified atom stereocenters. The van der Waals surface area contributed by atoms with Crippen LogP contribution < -0.4 is 5.73 Å². The van der Waals surface area contributed by atoms with Crippen molar-refractivity contribution >= 4 is 33.2 Å². The van der Waals surface area contributed by atoms with Crippen LogP contribution in [0.2, 0.25) is 5.02 Å². The van der Waals surface area contributed by atoms with Crippen LogP contribution in [0.15, 0.2) is 40.9 Å². The fourth-order valence-corrected chi connectivity index (χ4v) is 2.72. The Labute approximate surface area is 134 Å². The number of aromatic nitrogens is 4. The summed E-state index contributed by atoms with van der Waals surface area (Å²) in [6.07, 6.45) is 0. The van der Waals surface area contributed by atoms with Gasteiger partial charge in [0.2, 0.25) is 0 Å². The second kappa shape index (κ2) is 5.46. The molecule has 3 rings (SSSR count). The Hall–Kier alpha value is -1.92. The van der Waals surface area contributed by atoms with Crippen LogP contribution in [0.4, 0.5) is 5.69 Å². The minimum atomic E-state index is 0.554. The maximum absolute atomic E-state index is 6.27. The number of hydrogen-bond acceptors (Lipinski definition) is 4. The standard InChI is InChI=1S/C14H11BrClN5/c1-8-2-3-9(6-12(8)17)14-18-19-20-21(14)13-5-4-10(15)7-11(13)16/h2-7H,17H2,1H3. The third kappa shape index (κ3) is 2.64. The highest BCUT2D eigenvalue weighted by atomic mass is 79.9. The molecule has 106 valence electrons. The smallest absolute Gasteiger partial charge is 0.187 e. The third-order valence-corrected chi connectivity index (χ3v) is 3.94. The van der Waals surface area contributed by atoms with Gasteiger partial charge < -0.3 is 5.73 Å². The molecule has 0 saturated carbocycles. The van der Waals surface area contributed by atoms with Gasteiger partial charge in [0.15, 0.2) is 5.82 Å². The fraction of sp³-hybridized carbons (Fsp3) is 0.0714. The molecule has 5 nitrogen and oxygen atoms in total. The summed E-state index contributed by atoms with van der Waals surface area (Å²) in [6, 6.07) is 11.3. The third-order valence-electron chi connectivity index (χ3n) is 3.14. The predicted octanol–water partition coefficient (Wildman–Crippen LogP) is 3.64. The van der Waals surface area contributed by atoms with Crippen LogP contribution in [-0.4, -0.2) is 20.2 Å². The normalized spacial score (nSPS) is 10.8. The lowest BCUT2D eigenvalue weighted by Gasteiger charge is -2.08. The molecule has 0 aliphatic rings. The molecule has 0 amide bonds. The Morgan fingerprint density at radius 1 is 1.19 bits per heavy atom. The van der Waals surface area contributed by atoms with Crippen molar-refractivity contribution in [1.82, 2.24) is 20.2 Å². The van der Waals surface area contributed by atoms with Crippen molar-refractivity contribution in [3.8, 4) is 17.1 Å². The van der Waals surface area contributed by atoms with Crippen LogP contribution in [-0.2, 0) is 0 Å². The summed E-state index contributed by atoms with van der Waals surface area (Å²) >= 11 is 9.64. The van der Waals surface area contributed by atoms with Gasteiger partial charge in [-0.15, -0.1) is 5.10 Å². The van der Waals surface area contributed by atoms with Gasteiger partial charge in [-0.1, -0.05) is 39.7 Å². The van der Waals surface area contributed by atoms with Crippen molar-refractivity contribution in [3.05, 3.63) is 51.5 Å². The highest BCUT2D eigenvalue weighted by molar-refractivity contribution is 9.10. The van der Waals surface area contributed by atoms with Gasteiger partial charge in [-0.2, -0.15) is 4.68 Å². The van der Waals surface area contributed by atoms with E-state index in [9.17, 15) is 0 Å². The van der Waals surface area contributed by atoms with Gasteiger partial charge >= 0.3 is 0 Å². The summed E-state index contributed by atoms with van der Waals surface area (Å²) in [5.41, 5.74) is 9.21. The van der Waals surface area contributed by atoms with E-state index >= 15 is 0 Å². The molecule has 0 atom stereocenters. The van der Waals surface area contributed by atoms with Gasteiger partial charge in [0, 0.05) is 15.7 Å². The van der Waals surface area contributed by atoms with Crippen LogP contribution in [0.5, 0.6) is 0 Å². The van der Waals surface area contributed by atoms with Crippen LogP contribution in [0.25, 0.3) is 17.1 Å². The number of nitrogens with zero attached hydrogens (tertiary/aromatic N) is 4. The number of hydrogen-bond donors (Lipinski definition) is 1. The Morgan fingerprint density at radius 3 is 2.71 bits per heavy atom. The number of benzene rings is 2. The number of rotatable bonds is 2. The minimum absolute atomic E-state index is 0.554. The van der Waals surface area contributed by atoms with E-state index in [0.29, 0.717) is 22.2 Å². The van der Waals surface area contributed by atoms with Crippen molar-refractivity contribution < 1.29 is 0 Å². The van der Waals surface area contributed by atoms with E-state index in [-0.39, 0.29) is 0 Å². The second-order valence-corrected chi connectivity index (χ2v) is 5.90. The van der Waals surface area contributed by atoms with Crippen molar-refractivity contribution in [2.45, 2.75) is 6.92 Å². The average molecular weight is 365 g/mol. The zero-order chi connectivity index (χ0) is 15.0. The Bertz CT molecular complexity index is 815. The van der Waals surface area contributed by atoms with E-state index in [1.807, 2.05) is 37.3 Å². The number of anilines is 1. The summed E-state index contributed by atoms with van der Waals surface area (Å²) in [7, 11) is 0. The molecule has 0 fully saturated rings. The first-order chi connectivity index (χ1) is 10.1. The van der Waals surface area contributed by atoms with E-state index in [1.165, 1.54) is 0 Å². The number of nitrogens with two attached hydrogens (primary N) is 1. The lowest BCUT2D eigenvalue weighted by Crippen LogP contribution is -2.01. The molecule has 0 saturated heterocycles. The molecule has 0 spiro atoms. The molecule has 21 heavy (non-hydrogen) atoms. The average Bonchev–Trinajstić information content (AvgIpc) is 2.91. The number of aryl methyl sites for hydroxylation is 1. The topological polar surface area (TPSA) is 69.6 Å². The maximum Gasteiger partial charge on any atom is 0.187 e. The van der Waals surface area contributed by atoms with Crippen molar-refractivity contribution in [3.63, 3.8) is 0 Å². The molecule has 2 aromatic carbocycles. The van der Waals surface area contributed by atoms with E-state index < -0.39 is 0 Å². The second-order valence-electron chi connectivity index (χ2n) is 4.58. The number of halogens is 2. The maximum atomic E-state index is 6.27. The zero-order valence-corrected chi connectivity index (χ0v) is 13.4. The van der Waals surface area contributed by atoms with Gasteiger partial charge in [0.05, 0.1) is 10.7 Å². The molecule has 2 N–H and O–H groups in total. The van der Waals surface area contributed by atoms with E-state index in [4.69, 9.17) is 17.3 Å². The monoisotopic (exact) mass is 363 g/mol. The quantitative estimate of drug-likeness (QED) is 0.705. The molecule has 0 bridgehead atoms. The summed E-state index contributed by atoms with van der Waals surface area (Å²) in [5, 5.41) is 12.4. The van der Waals surface area contributed by atoms with Crippen molar-refractivity contribution in [1.29, 1.82) is 0 Å². The molecular formula is C14H11BrClN5. The Kier molecular flexibility index (Phi) is 3.65. The zero-order valence-electron chi connectivity index (χ0n) is 11.1. The van der Waals surface area contributed by atoms with Crippen LogP contribution in [0.1, 0.15) is 5.56 Å². The number of tetrazole rings is 1. The molecule has 0 radical (unpaired) electrons. The fourth-order valence-electron chi connectivity index (χ4n) is 1.96. The summed E-state index contributed by atoms with van der Waals surface area (Å²) < 4.78 is 2.49.